The van der Waals surface area contributed by atoms with Crippen LogP contribution in [0.5, 0.6) is 0 Å². The van der Waals surface area contributed by atoms with Gasteiger partial charge in [-0.25, -0.2) is 0 Å². The lowest BCUT2D eigenvalue weighted by Gasteiger charge is -2.25. The molecule has 2 aromatic rings. The van der Waals surface area contributed by atoms with Gasteiger partial charge in [0, 0.05) is 11.1 Å². The van der Waals surface area contributed by atoms with E-state index in [1.54, 1.807) is 24.3 Å². The first-order valence-corrected chi connectivity index (χ1v) is 7.40. The Morgan fingerprint density at radius 2 is 1.60 bits per heavy atom. The van der Waals surface area contributed by atoms with Crippen LogP contribution in [0.1, 0.15) is 32.1 Å². The molecule has 20 heavy (non-hydrogen) atoms. The monoisotopic (exact) mass is 289 g/mol. The van der Waals surface area contributed by atoms with Crippen molar-refractivity contribution in [2.24, 2.45) is 0 Å². The van der Waals surface area contributed by atoms with Gasteiger partial charge in [0.2, 0.25) is 10.9 Å². The molecule has 104 valence electrons. The molecule has 1 aliphatic carbocycles. The van der Waals surface area contributed by atoms with Crippen molar-refractivity contribution in [3.8, 4) is 11.1 Å². The lowest BCUT2D eigenvalue weighted by Crippen LogP contribution is -2.39. The summed E-state index contributed by atoms with van der Waals surface area (Å²) in [7, 11) is 0. The van der Waals surface area contributed by atoms with Gasteiger partial charge in [-0.3, -0.25) is 9.59 Å². The molecule has 3 nitrogen and oxygen atoms in total. The number of halogens is 1. The van der Waals surface area contributed by atoms with Crippen molar-refractivity contribution in [1.29, 1.82) is 0 Å². The van der Waals surface area contributed by atoms with Crippen LogP contribution in [0.15, 0.2) is 33.9 Å². The van der Waals surface area contributed by atoms with Gasteiger partial charge in [-0.2, -0.15) is 0 Å². The molecule has 0 aromatic heterocycles. The number of anilines is 1. The van der Waals surface area contributed by atoms with Crippen molar-refractivity contribution in [3.05, 3.63) is 49.7 Å². The van der Waals surface area contributed by atoms with Crippen molar-refractivity contribution in [2.45, 2.75) is 38.1 Å². The van der Waals surface area contributed by atoms with Crippen LogP contribution in [0.2, 0.25) is 5.02 Å². The van der Waals surface area contributed by atoms with Crippen molar-refractivity contribution < 1.29 is 0 Å². The Morgan fingerprint density at radius 1 is 0.950 bits per heavy atom. The Morgan fingerprint density at radius 3 is 2.25 bits per heavy atom. The van der Waals surface area contributed by atoms with Gasteiger partial charge >= 0.3 is 0 Å². The van der Waals surface area contributed by atoms with E-state index in [0.29, 0.717) is 22.3 Å². The van der Waals surface area contributed by atoms with Crippen molar-refractivity contribution in [3.63, 3.8) is 0 Å². The minimum Gasteiger partial charge on any atom is -0.378 e. The van der Waals surface area contributed by atoms with Crippen LogP contribution in [0.3, 0.4) is 0 Å². The second kappa shape index (κ2) is 5.41. The zero-order valence-corrected chi connectivity index (χ0v) is 11.9. The smallest absolute Gasteiger partial charge is 0.250 e. The second-order valence-electron chi connectivity index (χ2n) is 5.39. The Kier molecular flexibility index (Phi) is 3.62. The SMILES string of the molecule is O=c1c(NC2CCCCC2)c(-c2ccc(Cl)cc2)c1=O. The number of hydrogen-bond acceptors (Lipinski definition) is 3. The van der Waals surface area contributed by atoms with Gasteiger partial charge in [0.15, 0.2) is 0 Å². The summed E-state index contributed by atoms with van der Waals surface area (Å²) in [4.78, 5) is 23.6. The third-order valence-electron chi connectivity index (χ3n) is 4.00. The van der Waals surface area contributed by atoms with Crippen molar-refractivity contribution in [1.82, 2.24) is 0 Å². The highest BCUT2D eigenvalue weighted by Gasteiger charge is 2.25. The zero-order chi connectivity index (χ0) is 14.1. The number of benzene rings is 1. The largest absolute Gasteiger partial charge is 0.378 e. The highest BCUT2D eigenvalue weighted by Crippen LogP contribution is 2.28. The van der Waals surface area contributed by atoms with Gasteiger partial charge < -0.3 is 5.32 Å². The molecule has 0 radical (unpaired) electrons. The molecule has 2 aromatic carbocycles. The summed E-state index contributed by atoms with van der Waals surface area (Å²) in [6.07, 6.45) is 5.76. The maximum absolute atomic E-state index is 11.8. The van der Waals surface area contributed by atoms with Crippen LogP contribution in [-0.4, -0.2) is 6.04 Å². The molecule has 1 fully saturated rings. The molecule has 1 N–H and O–H groups in total. The molecule has 0 aliphatic heterocycles. The molecular formula is C16H16ClNO2. The number of rotatable bonds is 3. The molecule has 0 bridgehead atoms. The fourth-order valence-corrected chi connectivity index (χ4v) is 3.00. The summed E-state index contributed by atoms with van der Waals surface area (Å²) in [5.41, 5.74) is 0.977. The van der Waals surface area contributed by atoms with Gasteiger partial charge in [0.25, 0.3) is 0 Å². The Bertz CT molecular complexity index is 677. The Hall–Kier alpha value is -1.61. The summed E-state index contributed by atoms with van der Waals surface area (Å²) >= 11 is 5.85. The molecule has 1 saturated carbocycles. The Balaban J connectivity index is 1.88. The van der Waals surface area contributed by atoms with Crippen LogP contribution in [0, 0.1) is 0 Å². The van der Waals surface area contributed by atoms with E-state index in [1.165, 1.54) is 19.3 Å². The fourth-order valence-electron chi connectivity index (χ4n) is 2.87. The van der Waals surface area contributed by atoms with Crippen LogP contribution < -0.4 is 16.2 Å². The summed E-state index contributed by atoms with van der Waals surface area (Å²) in [5.74, 6) is 0. The lowest BCUT2D eigenvalue weighted by molar-refractivity contribution is 0.462. The molecule has 3 rings (SSSR count). The highest BCUT2D eigenvalue weighted by molar-refractivity contribution is 6.30. The molecule has 0 unspecified atom stereocenters. The minimum atomic E-state index is -0.398. The van der Waals surface area contributed by atoms with E-state index < -0.39 is 5.43 Å². The second-order valence-corrected chi connectivity index (χ2v) is 5.83. The molecule has 1 aliphatic rings. The molecule has 0 heterocycles. The van der Waals surface area contributed by atoms with E-state index in [0.717, 1.165) is 18.4 Å². The Labute approximate surface area is 122 Å². The molecule has 0 amide bonds. The molecule has 0 atom stereocenters. The van der Waals surface area contributed by atoms with Crippen LogP contribution >= 0.6 is 11.6 Å². The van der Waals surface area contributed by atoms with E-state index in [9.17, 15) is 9.59 Å². The fraction of sp³-hybridized carbons (Fsp3) is 0.375. The van der Waals surface area contributed by atoms with Crippen LogP contribution in [0.4, 0.5) is 5.69 Å². The first-order valence-electron chi connectivity index (χ1n) is 7.02. The predicted octanol–water partition coefficient (Wildman–Crippen LogP) is 3.35. The predicted molar refractivity (Wildman–Crippen MR) is 82.3 cm³/mol. The van der Waals surface area contributed by atoms with Gasteiger partial charge in [0.05, 0.1) is 11.3 Å². The summed E-state index contributed by atoms with van der Waals surface area (Å²) < 4.78 is 0. The van der Waals surface area contributed by atoms with Gasteiger partial charge in [-0.05, 0) is 30.5 Å². The molecule has 4 heteroatoms. The normalized spacial score (nSPS) is 16.4. The quantitative estimate of drug-likeness (QED) is 0.882. The number of hydrogen-bond donors (Lipinski definition) is 1. The molecular weight excluding hydrogens is 274 g/mol. The maximum atomic E-state index is 11.8. The van der Waals surface area contributed by atoms with Gasteiger partial charge in [0.1, 0.15) is 0 Å². The summed E-state index contributed by atoms with van der Waals surface area (Å²) in [6.45, 7) is 0. The summed E-state index contributed by atoms with van der Waals surface area (Å²) in [5, 5.41) is 3.89. The van der Waals surface area contributed by atoms with Crippen LogP contribution in [-0.2, 0) is 0 Å². The number of nitrogens with one attached hydrogen (secondary N) is 1. The van der Waals surface area contributed by atoms with E-state index in [4.69, 9.17) is 11.6 Å². The van der Waals surface area contributed by atoms with Gasteiger partial charge in [-0.15, -0.1) is 0 Å². The highest BCUT2D eigenvalue weighted by atomic mass is 35.5. The molecule has 0 saturated heterocycles. The first kappa shape index (κ1) is 13.4. The lowest BCUT2D eigenvalue weighted by atomic mass is 9.93. The summed E-state index contributed by atoms with van der Waals surface area (Å²) in [6, 6.07) is 7.35. The van der Waals surface area contributed by atoms with E-state index >= 15 is 0 Å². The zero-order valence-electron chi connectivity index (χ0n) is 11.1. The average molecular weight is 290 g/mol. The topological polar surface area (TPSA) is 46.2 Å². The standard InChI is InChI=1S/C16H16ClNO2/c17-11-8-6-10(7-9-11)13-14(16(20)15(13)19)18-12-4-2-1-3-5-12/h6-9,12,18H,1-5H2. The van der Waals surface area contributed by atoms with E-state index in [-0.39, 0.29) is 5.43 Å². The molecule has 0 spiro atoms. The first-order chi connectivity index (χ1) is 9.66. The third kappa shape index (κ3) is 2.38. The average Bonchev–Trinajstić information content (AvgIpc) is 2.49. The van der Waals surface area contributed by atoms with Crippen LogP contribution in [0.25, 0.3) is 11.1 Å². The van der Waals surface area contributed by atoms with Crippen molar-refractivity contribution in [2.75, 3.05) is 5.32 Å². The van der Waals surface area contributed by atoms with E-state index in [2.05, 4.69) is 5.32 Å². The maximum Gasteiger partial charge on any atom is 0.250 e. The van der Waals surface area contributed by atoms with Crippen molar-refractivity contribution >= 4 is 17.3 Å². The third-order valence-corrected chi connectivity index (χ3v) is 4.25. The minimum absolute atomic E-state index is 0.318. The van der Waals surface area contributed by atoms with Gasteiger partial charge in [-0.1, -0.05) is 43.0 Å². The van der Waals surface area contributed by atoms with E-state index in [1.807, 2.05) is 0 Å².